The van der Waals surface area contributed by atoms with E-state index in [9.17, 15) is 13.2 Å². The highest BCUT2D eigenvalue weighted by molar-refractivity contribution is 5.53. The van der Waals surface area contributed by atoms with E-state index in [2.05, 4.69) is 35.0 Å². The summed E-state index contributed by atoms with van der Waals surface area (Å²) in [5.74, 6) is 1.85. The van der Waals surface area contributed by atoms with Gasteiger partial charge >= 0.3 is 6.18 Å². The van der Waals surface area contributed by atoms with Gasteiger partial charge < -0.3 is 9.13 Å². The zero-order valence-corrected chi connectivity index (χ0v) is 30.7. The molecule has 0 atom stereocenters. The maximum atomic E-state index is 13.2. The number of hydrogen-bond donors (Lipinski definition) is 0. The number of pyridine rings is 1. The number of aryl methyl sites for hydroxylation is 10. The van der Waals surface area contributed by atoms with Gasteiger partial charge in [0.2, 0.25) is 0 Å². The fraction of sp³-hybridized carbons (Fsp3) is 0.289. The van der Waals surface area contributed by atoms with Crippen LogP contribution < -0.4 is 0 Å². The predicted octanol–water partition coefficient (Wildman–Crippen LogP) is 6.27. The van der Waals surface area contributed by atoms with Gasteiger partial charge in [0.1, 0.15) is 28.7 Å². The third-order valence-corrected chi connectivity index (χ3v) is 9.21. The molecule has 16 heteroatoms. The van der Waals surface area contributed by atoms with Crippen LogP contribution in [-0.2, 0) is 46.0 Å². The zero-order valence-electron chi connectivity index (χ0n) is 30.7. The summed E-state index contributed by atoms with van der Waals surface area (Å²) in [6.45, 7) is 7.17. The second-order valence-corrected chi connectivity index (χ2v) is 13.1. The number of aromatic nitrogens is 13. The van der Waals surface area contributed by atoms with Crippen molar-refractivity contribution < 1.29 is 13.2 Å². The Balaban J connectivity index is 0.000000168. The van der Waals surface area contributed by atoms with Crippen molar-refractivity contribution in [2.24, 2.45) is 14.1 Å². The molecule has 276 valence electrons. The van der Waals surface area contributed by atoms with Crippen LogP contribution in [0.15, 0.2) is 73.6 Å². The highest BCUT2D eigenvalue weighted by atomic mass is 19.4. The van der Waals surface area contributed by atoms with Gasteiger partial charge in [0.25, 0.3) is 0 Å². The Morgan fingerprint density at radius 1 is 0.630 bits per heavy atom. The minimum absolute atomic E-state index is 0.00752. The first kappa shape index (κ1) is 36.1. The highest BCUT2D eigenvalue weighted by Gasteiger charge is 2.37. The molecule has 8 aromatic rings. The summed E-state index contributed by atoms with van der Waals surface area (Å²) in [7, 11) is 3.91. The minimum atomic E-state index is -4.50. The van der Waals surface area contributed by atoms with E-state index in [0.717, 1.165) is 70.0 Å². The molecule has 8 heterocycles. The van der Waals surface area contributed by atoms with Crippen LogP contribution in [0.25, 0.3) is 34.1 Å². The smallest absolute Gasteiger partial charge is 0.337 e. The SMILES string of the molecule is Cc1cc(CCc2nc(-c3ccccn3)cn2C)nn2c(C)c(C(F)(F)F)nc12.Cc1nc2ccc(CCc3nc(-c4cnccn4)cn3C)nn2c1C. The summed E-state index contributed by atoms with van der Waals surface area (Å²) in [5, 5.41) is 9.08. The summed E-state index contributed by atoms with van der Waals surface area (Å²) in [4.78, 5) is 30.3. The maximum absolute atomic E-state index is 13.2. The summed E-state index contributed by atoms with van der Waals surface area (Å²) in [6.07, 6.45) is 8.95. The molecule has 0 aliphatic carbocycles. The first-order valence-corrected chi connectivity index (χ1v) is 17.3. The van der Waals surface area contributed by atoms with Crippen LogP contribution in [0.5, 0.6) is 0 Å². The first-order valence-electron chi connectivity index (χ1n) is 17.3. The molecular weight excluding hydrogens is 696 g/mol. The molecule has 0 N–H and O–H groups in total. The van der Waals surface area contributed by atoms with E-state index in [0.29, 0.717) is 24.1 Å². The lowest BCUT2D eigenvalue weighted by molar-refractivity contribution is -0.141. The molecule has 0 aliphatic rings. The Kier molecular flexibility index (Phi) is 9.75. The zero-order chi connectivity index (χ0) is 38.1. The molecule has 0 saturated carbocycles. The lowest BCUT2D eigenvalue weighted by Crippen LogP contribution is -2.08. The van der Waals surface area contributed by atoms with E-state index in [1.54, 1.807) is 37.8 Å². The standard InChI is InChI=1S/C20H19F3N6.C18H19N7/c1-12-10-14(27-29-13(2)18(20(21,22)23)26-19(12)29)7-8-17-25-16(11-28(17)3)15-6-4-5-9-24-15;1-12-13(2)25-18(21-12)7-5-14(23-25)4-6-17-22-16(11-24(17)3)15-10-19-8-9-20-15/h4-6,9-11H,7-8H2,1-3H3;5,7-11H,4,6H2,1-3H3. The Morgan fingerprint density at radius 2 is 1.30 bits per heavy atom. The summed E-state index contributed by atoms with van der Waals surface area (Å²) < 4.78 is 46.6. The fourth-order valence-corrected chi connectivity index (χ4v) is 6.20. The third kappa shape index (κ3) is 7.44. The van der Waals surface area contributed by atoms with Gasteiger partial charge in [-0.3, -0.25) is 15.0 Å². The minimum Gasteiger partial charge on any atom is -0.337 e. The molecule has 8 rings (SSSR count). The van der Waals surface area contributed by atoms with Crippen LogP contribution in [0.4, 0.5) is 13.2 Å². The van der Waals surface area contributed by atoms with Crippen molar-refractivity contribution in [3.63, 3.8) is 0 Å². The second kappa shape index (κ2) is 14.6. The Morgan fingerprint density at radius 3 is 1.94 bits per heavy atom. The normalized spacial score (nSPS) is 11.7. The lowest BCUT2D eigenvalue weighted by atomic mass is 10.2. The van der Waals surface area contributed by atoms with E-state index in [4.69, 9.17) is 10.1 Å². The van der Waals surface area contributed by atoms with Crippen molar-refractivity contribution in [2.45, 2.75) is 59.6 Å². The van der Waals surface area contributed by atoms with Crippen LogP contribution in [-0.4, -0.2) is 63.3 Å². The molecule has 0 spiro atoms. The molecule has 0 radical (unpaired) electrons. The van der Waals surface area contributed by atoms with Gasteiger partial charge in [0.05, 0.1) is 40.4 Å². The van der Waals surface area contributed by atoms with Crippen LogP contribution in [0.1, 0.15) is 51.4 Å². The molecule has 0 saturated heterocycles. The van der Waals surface area contributed by atoms with Gasteiger partial charge in [-0.25, -0.2) is 29.0 Å². The first-order chi connectivity index (χ1) is 25.9. The Labute approximate surface area is 308 Å². The number of hydrogen-bond acceptors (Lipinski definition) is 9. The molecule has 0 unspecified atom stereocenters. The summed E-state index contributed by atoms with van der Waals surface area (Å²) in [6, 6.07) is 11.5. The van der Waals surface area contributed by atoms with Crippen molar-refractivity contribution in [1.82, 2.24) is 63.3 Å². The molecule has 0 fully saturated rings. The Hall–Kier alpha value is -6.32. The maximum Gasteiger partial charge on any atom is 0.435 e. The van der Waals surface area contributed by atoms with Crippen molar-refractivity contribution >= 4 is 11.3 Å². The van der Waals surface area contributed by atoms with E-state index in [1.165, 1.54) is 11.4 Å². The van der Waals surface area contributed by atoms with Crippen LogP contribution >= 0.6 is 0 Å². The number of nitrogens with zero attached hydrogens (tertiary/aromatic N) is 13. The number of halogens is 3. The monoisotopic (exact) mass is 733 g/mol. The average Bonchev–Trinajstić information content (AvgIpc) is 3.90. The third-order valence-electron chi connectivity index (χ3n) is 9.21. The van der Waals surface area contributed by atoms with Gasteiger partial charge in [0, 0.05) is 57.9 Å². The molecule has 8 aromatic heterocycles. The van der Waals surface area contributed by atoms with Crippen molar-refractivity contribution in [3.05, 3.63) is 125 Å². The largest absolute Gasteiger partial charge is 0.435 e. The molecule has 0 bridgehead atoms. The molecular formula is C38H38F3N13. The quantitative estimate of drug-likeness (QED) is 0.177. The molecule has 0 aromatic carbocycles. The topological polar surface area (TPSA) is 135 Å². The van der Waals surface area contributed by atoms with Gasteiger partial charge in [-0.1, -0.05) is 6.07 Å². The molecule has 54 heavy (non-hydrogen) atoms. The molecule has 0 aliphatic heterocycles. The van der Waals surface area contributed by atoms with E-state index >= 15 is 0 Å². The number of alkyl halides is 3. The van der Waals surface area contributed by atoms with Crippen LogP contribution in [0, 0.1) is 27.7 Å². The van der Waals surface area contributed by atoms with Gasteiger partial charge in [-0.05, 0) is 76.4 Å². The molecule has 13 nitrogen and oxygen atoms in total. The van der Waals surface area contributed by atoms with E-state index in [1.807, 2.05) is 84.3 Å². The number of fused-ring (bicyclic) bond motifs is 2. The highest BCUT2D eigenvalue weighted by Crippen LogP contribution is 2.32. The van der Waals surface area contributed by atoms with Gasteiger partial charge in [0.15, 0.2) is 17.0 Å². The molecule has 0 amide bonds. The Bertz CT molecular complexity index is 2560. The van der Waals surface area contributed by atoms with Gasteiger partial charge in [-0.15, -0.1) is 0 Å². The fourth-order valence-electron chi connectivity index (χ4n) is 6.20. The summed E-state index contributed by atoms with van der Waals surface area (Å²) >= 11 is 0. The summed E-state index contributed by atoms with van der Waals surface area (Å²) in [5.41, 5.74) is 7.88. The second-order valence-electron chi connectivity index (χ2n) is 13.1. The van der Waals surface area contributed by atoms with E-state index in [-0.39, 0.29) is 11.3 Å². The van der Waals surface area contributed by atoms with Crippen LogP contribution in [0.3, 0.4) is 0 Å². The number of rotatable bonds is 8. The average molecular weight is 734 g/mol. The van der Waals surface area contributed by atoms with Crippen molar-refractivity contribution in [2.75, 3.05) is 0 Å². The van der Waals surface area contributed by atoms with Gasteiger partial charge in [-0.2, -0.15) is 23.4 Å². The lowest BCUT2D eigenvalue weighted by Gasteiger charge is -2.06. The van der Waals surface area contributed by atoms with E-state index < -0.39 is 11.9 Å². The van der Waals surface area contributed by atoms with Crippen LogP contribution in [0.2, 0.25) is 0 Å². The number of imidazole rings is 4. The van der Waals surface area contributed by atoms with Crippen molar-refractivity contribution in [3.8, 4) is 22.8 Å². The van der Waals surface area contributed by atoms with Crippen molar-refractivity contribution in [1.29, 1.82) is 0 Å². The predicted molar refractivity (Wildman–Crippen MR) is 195 cm³/mol.